The molecule has 2 rings (SSSR count). The van der Waals surface area contributed by atoms with Crippen molar-refractivity contribution in [1.82, 2.24) is 9.88 Å². The lowest BCUT2D eigenvalue weighted by Crippen LogP contribution is -2.50. The summed E-state index contributed by atoms with van der Waals surface area (Å²) in [6.07, 6.45) is 0. The molecule has 1 atom stereocenters. The van der Waals surface area contributed by atoms with Crippen molar-refractivity contribution in [2.24, 2.45) is 0 Å². The molecule has 1 aliphatic rings. The van der Waals surface area contributed by atoms with Gasteiger partial charge in [0.1, 0.15) is 10.8 Å². The molecule has 0 spiro atoms. The van der Waals surface area contributed by atoms with Crippen LogP contribution in [0.4, 0.5) is 0 Å². The van der Waals surface area contributed by atoms with Crippen LogP contribution >= 0.6 is 11.6 Å². The first-order chi connectivity index (χ1) is 8.22. The Morgan fingerprint density at radius 1 is 1.65 bits per heavy atom. The molecule has 0 radical (unpaired) electrons. The molecule has 1 aromatic rings. The van der Waals surface area contributed by atoms with Crippen molar-refractivity contribution in [3.63, 3.8) is 0 Å². The van der Waals surface area contributed by atoms with E-state index in [-0.39, 0.29) is 29.4 Å². The SMILES string of the molecule is O=C(c1cccc(Cl)n1)N1CCOCC1CO. The normalized spacial score (nSPS) is 20.4. The molecule has 0 saturated carbocycles. The Labute approximate surface area is 104 Å². The van der Waals surface area contributed by atoms with Crippen LogP contribution in [0.25, 0.3) is 0 Å². The van der Waals surface area contributed by atoms with Crippen molar-refractivity contribution in [1.29, 1.82) is 0 Å². The van der Waals surface area contributed by atoms with E-state index in [9.17, 15) is 9.90 Å². The van der Waals surface area contributed by atoms with Gasteiger partial charge in [-0.1, -0.05) is 17.7 Å². The number of ether oxygens (including phenoxy) is 1. The molecule has 1 fully saturated rings. The van der Waals surface area contributed by atoms with Gasteiger partial charge < -0.3 is 14.7 Å². The number of morpholine rings is 1. The first kappa shape index (κ1) is 12.3. The van der Waals surface area contributed by atoms with Crippen molar-refractivity contribution in [2.75, 3.05) is 26.4 Å². The molecule has 5 nitrogen and oxygen atoms in total. The number of halogens is 1. The van der Waals surface area contributed by atoms with Crippen LogP contribution in [0, 0.1) is 0 Å². The molecule has 17 heavy (non-hydrogen) atoms. The lowest BCUT2D eigenvalue weighted by molar-refractivity contribution is -0.0186. The van der Waals surface area contributed by atoms with Gasteiger partial charge in [-0.15, -0.1) is 0 Å². The average Bonchev–Trinajstić information content (AvgIpc) is 2.38. The number of carbonyl (C=O) groups excluding carboxylic acids is 1. The van der Waals surface area contributed by atoms with Gasteiger partial charge in [-0.2, -0.15) is 0 Å². The minimum Gasteiger partial charge on any atom is -0.394 e. The molecule has 0 bridgehead atoms. The minimum absolute atomic E-state index is 0.119. The van der Waals surface area contributed by atoms with E-state index in [2.05, 4.69) is 4.98 Å². The Kier molecular flexibility index (Phi) is 3.93. The Hall–Kier alpha value is -1.17. The summed E-state index contributed by atoms with van der Waals surface area (Å²) in [4.78, 5) is 17.7. The first-order valence-corrected chi connectivity index (χ1v) is 5.72. The van der Waals surface area contributed by atoms with E-state index in [1.165, 1.54) is 0 Å². The Bertz CT molecular complexity index is 413. The zero-order chi connectivity index (χ0) is 12.3. The molecule has 1 aliphatic heterocycles. The van der Waals surface area contributed by atoms with Crippen LogP contribution in [0.15, 0.2) is 18.2 Å². The third kappa shape index (κ3) is 2.74. The van der Waals surface area contributed by atoms with E-state index in [0.29, 0.717) is 19.8 Å². The molecule has 1 aromatic heterocycles. The minimum atomic E-state index is -0.308. The molecule has 0 aliphatic carbocycles. The summed E-state index contributed by atoms with van der Waals surface area (Å²) in [7, 11) is 0. The number of pyridine rings is 1. The summed E-state index contributed by atoms with van der Waals surface area (Å²) < 4.78 is 5.21. The van der Waals surface area contributed by atoms with E-state index in [4.69, 9.17) is 16.3 Å². The molecule has 1 amide bonds. The van der Waals surface area contributed by atoms with Gasteiger partial charge in [0.05, 0.1) is 25.9 Å². The zero-order valence-electron chi connectivity index (χ0n) is 9.17. The van der Waals surface area contributed by atoms with Crippen molar-refractivity contribution in [3.8, 4) is 0 Å². The second-order valence-corrected chi connectivity index (χ2v) is 4.14. The van der Waals surface area contributed by atoms with Crippen LogP contribution in [-0.2, 0) is 4.74 Å². The number of rotatable bonds is 2. The highest BCUT2D eigenvalue weighted by atomic mass is 35.5. The highest BCUT2D eigenvalue weighted by molar-refractivity contribution is 6.29. The summed E-state index contributed by atoms with van der Waals surface area (Å²) in [6.45, 7) is 1.16. The summed E-state index contributed by atoms with van der Waals surface area (Å²) in [5.41, 5.74) is 0.290. The third-order valence-electron chi connectivity index (χ3n) is 2.63. The Balaban J connectivity index is 2.18. The summed E-state index contributed by atoms with van der Waals surface area (Å²) in [5.74, 6) is -0.227. The lowest BCUT2D eigenvalue weighted by Gasteiger charge is -2.34. The topological polar surface area (TPSA) is 62.7 Å². The smallest absolute Gasteiger partial charge is 0.273 e. The molecule has 0 aromatic carbocycles. The molecular formula is C11H13ClN2O3. The number of aliphatic hydroxyl groups excluding tert-OH is 1. The lowest BCUT2D eigenvalue weighted by atomic mass is 10.2. The van der Waals surface area contributed by atoms with Gasteiger partial charge in [0, 0.05) is 6.54 Å². The highest BCUT2D eigenvalue weighted by Crippen LogP contribution is 2.12. The predicted molar refractivity (Wildman–Crippen MR) is 62.0 cm³/mol. The molecule has 6 heteroatoms. The van der Waals surface area contributed by atoms with Crippen molar-refractivity contribution in [2.45, 2.75) is 6.04 Å². The van der Waals surface area contributed by atoms with E-state index >= 15 is 0 Å². The van der Waals surface area contributed by atoms with Crippen LogP contribution in [-0.4, -0.2) is 53.3 Å². The molecule has 92 valence electrons. The maximum absolute atomic E-state index is 12.2. The van der Waals surface area contributed by atoms with Gasteiger partial charge in [-0.05, 0) is 12.1 Å². The maximum atomic E-state index is 12.2. The van der Waals surface area contributed by atoms with Crippen molar-refractivity contribution >= 4 is 17.5 Å². The zero-order valence-corrected chi connectivity index (χ0v) is 9.93. The predicted octanol–water partition coefficient (Wildman–Crippen LogP) is 0.568. The Morgan fingerprint density at radius 2 is 2.47 bits per heavy atom. The summed E-state index contributed by atoms with van der Waals surface area (Å²) in [5, 5.41) is 9.47. The molecule has 1 N–H and O–H groups in total. The fourth-order valence-electron chi connectivity index (χ4n) is 1.75. The highest BCUT2D eigenvalue weighted by Gasteiger charge is 2.28. The van der Waals surface area contributed by atoms with Gasteiger partial charge in [0.15, 0.2) is 0 Å². The van der Waals surface area contributed by atoms with Crippen LogP contribution in [0.5, 0.6) is 0 Å². The van der Waals surface area contributed by atoms with Gasteiger partial charge in [-0.3, -0.25) is 4.79 Å². The fraction of sp³-hybridized carbons (Fsp3) is 0.455. The van der Waals surface area contributed by atoms with Gasteiger partial charge in [0.2, 0.25) is 0 Å². The van der Waals surface area contributed by atoms with Crippen molar-refractivity contribution in [3.05, 3.63) is 29.0 Å². The maximum Gasteiger partial charge on any atom is 0.273 e. The molecule has 1 saturated heterocycles. The standard InChI is InChI=1S/C11H13ClN2O3/c12-10-3-1-2-9(13-10)11(16)14-4-5-17-7-8(14)6-15/h1-3,8,15H,4-7H2. The molecule has 1 unspecified atom stereocenters. The number of aliphatic hydroxyl groups is 1. The third-order valence-corrected chi connectivity index (χ3v) is 2.84. The second-order valence-electron chi connectivity index (χ2n) is 3.76. The van der Waals surface area contributed by atoms with Crippen LogP contribution in [0.1, 0.15) is 10.5 Å². The Morgan fingerprint density at radius 3 is 3.18 bits per heavy atom. The van der Waals surface area contributed by atoms with Crippen LogP contribution in [0.2, 0.25) is 5.15 Å². The van der Waals surface area contributed by atoms with E-state index in [0.717, 1.165) is 0 Å². The van der Waals surface area contributed by atoms with Crippen LogP contribution in [0.3, 0.4) is 0 Å². The second kappa shape index (κ2) is 5.44. The largest absolute Gasteiger partial charge is 0.394 e. The van der Waals surface area contributed by atoms with Gasteiger partial charge in [0.25, 0.3) is 5.91 Å². The molecule has 2 heterocycles. The quantitative estimate of drug-likeness (QED) is 0.786. The van der Waals surface area contributed by atoms with Gasteiger partial charge in [-0.25, -0.2) is 4.98 Å². The van der Waals surface area contributed by atoms with E-state index in [1.54, 1.807) is 23.1 Å². The van der Waals surface area contributed by atoms with Crippen molar-refractivity contribution < 1.29 is 14.6 Å². The first-order valence-electron chi connectivity index (χ1n) is 5.34. The number of hydrogen-bond acceptors (Lipinski definition) is 4. The number of nitrogens with zero attached hydrogens (tertiary/aromatic N) is 2. The number of carbonyl (C=O) groups is 1. The van der Waals surface area contributed by atoms with Gasteiger partial charge >= 0.3 is 0 Å². The fourth-order valence-corrected chi connectivity index (χ4v) is 1.91. The number of aromatic nitrogens is 1. The summed E-state index contributed by atoms with van der Waals surface area (Å²) >= 11 is 5.74. The van der Waals surface area contributed by atoms with E-state index in [1.807, 2.05) is 0 Å². The molecular weight excluding hydrogens is 244 g/mol. The number of amides is 1. The summed E-state index contributed by atoms with van der Waals surface area (Å²) in [6, 6.07) is 4.59. The van der Waals surface area contributed by atoms with E-state index < -0.39 is 0 Å². The van der Waals surface area contributed by atoms with Crippen LogP contribution < -0.4 is 0 Å². The number of hydrogen-bond donors (Lipinski definition) is 1. The average molecular weight is 257 g/mol. The monoisotopic (exact) mass is 256 g/mol.